The maximum Gasteiger partial charge on any atom is 0.239 e. The van der Waals surface area contributed by atoms with Crippen LogP contribution in [0.4, 0.5) is 5.69 Å². The quantitative estimate of drug-likeness (QED) is 0.861. The van der Waals surface area contributed by atoms with Gasteiger partial charge in [-0.2, -0.15) is 0 Å². The first-order chi connectivity index (χ1) is 10.0. The van der Waals surface area contributed by atoms with Gasteiger partial charge in [0.1, 0.15) is 5.25 Å². The van der Waals surface area contributed by atoms with Crippen molar-refractivity contribution in [3.8, 4) is 0 Å². The predicted octanol–water partition coefficient (Wildman–Crippen LogP) is 1.40. The number of anilines is 1. The van der Waals surface area contributed by atoms with E-state index in [0.717, 1.165) is 12.0 Å². The standard InChI is InChI=1S/C15H22N2O3S/c1-10-14(6-7-20-10)21(19)11(2)15(18)17-13-5-3-4-12(8-13)9-16/h3-5,8,10-11,14H,6-7,9,16H2,1-2H3,(H,17,18). The fourth-order valence-electron chi connectivity index (χ4n) is 2.40. The molecule has 1 aliphatic rings. The summed E-state index contributed by atoms with van der Waals surface area (Å²) in [7, 11) is -1.24. The van der Waals surface area contributed by atoms with Crippen LogP contribution >= 0.6 is 0 Å². The molecule has 0 radical (unpaired) electrons. The third-order valence-corrected chi connectivity index (χ3v) is 5.88. The van der Waals surface area contributed by atoms with Crippen LogP contribution in [0.15, 0.2) is 24.3 Å². The lowest BCUT2D eigenvalue weighted by molar-refractivity contribution is -0.115. The number of nitrogens with one attached hydrogen (secondary N) is 1. The number of rotatable bonds is 5. The van der Waals surface area contributed by atoms with Crippen LogP contribution < -0.4 is 11.1 Å². The normalized spacial score (nSPS) is 24.5. The van der Waals surface area contributed by atoms with Gasteiger partial charge in [0.2, 0.25) is 5.91 Å². The van der Waals surface area contributed by atoms with Crippen LogP contribution in [-0.2, 0) is 26.9 Å². The second kappa shape index (κ2) is 7.15. The molecule has 1 saturated heterocycles. The SMILES string of the molecule is CC1OCCC1S(=O)C(C)C(=O)Nc1cccc(CN)c1. The summed E-state index contributed by atoms with van der Waals surface area (Å²) in [6.07, 6.45) is 0.690. The molecule has 1 aromatic rings. The predicted molar refractivity (Wildman–Crippen MR) is 84.4 cm³/mol. The second-order valence-electron chi connectivity index (χ2n) is 5.27. The number of amides is 1. The van der Waals surface area contributed by atoms with E-state index >= 15 is 0 Å². The zero-order valence-corrected chi connectivity index (χ0v) is 13.2. The van der Waals surface area contributed by atoms with Crippen molar-refractivity contribution in [2.24, 2.45) is 5.73 Å². The molecule has 0 saturated carbocycles. The van der Waals surface area contributed by atoms with E-state index in [1.165, 1.54) is 0 Å². The zero-order valence-electron chi connectivity index (χ0n) is 12.4. The summed E-state index contributed by atoms with van der Waals surface area (Å²) >= 11 is 0. The molecule has 5 nitrogen and oxygen atoms in total. The highest BCUT2D eigenvalue weighted by atomic mass is 32.2. The second-order valence-corrected chi connectivity index (χ2v) is 7.24. The summed E-state index contributed by atoms with van der Waals surface area (Å²) in [6.45, 7) is 4.64. The average Bonchev–Trinajstić information content (AvgIpc) is 2.92. The van der Waals surface area contributed by atoms with Crippen molar-refractivity contribution in [1.82, 2.24) is 0 Å². The number of benzene rings is 1. The minimum Gasteiger partial charge on any atom is -0.377 e. The molecule has 4 unspecified atom stereocenters. The summed E-state index contributed by atoms with van der Waals surface area (Å²) in [4.78, 5) is 12.2. The summed E-state index contributed by atoms with van der Waals surface area (Å²) in [5, 5.41) is 2.17. The Hall–Kier alpha value is -1.24. The van der Waals surface area contributed by atoms with E-state index in [1.54, 1.807) is 13.0 Å². The molecule has 21 heavy (non-hydrogen) atoms. The Morgan fingerprint density at radius 2 is 2.33 bits per heavy atom. The molecule has 4 atom stereocenters. The molecule has 0 bridgehead atoms. The third-order valence-electron chi connectivity index (χ3n) is 3.75. The molecule has 1 aliphatic heterocycles. The summed E-state index contributed by atoms with van der Waals surface area (Å²) in [5.41, 5.74) is 7.21. The fourth-order valence-corrected chi connectivity index (χ4v) is 3.98. The number of ether oxygens (including phenoxy) is 1. The van der Waals surface area contributed by atoms with Gasteiger partial charge in [-0.05, 0) is 38.0 Å². The number of nitrogens with two attached hydrogens (primary N) is 1. The van der Waals surface area contributed by atoms with E-state index in [1.807, 2.05) is 25.1 Å². The Morgan fingerprint density at radius 3 is 2.95 bits per heavy atom. The molecule has 1 heterocycles. The number of hydrogen-bond donors (Lipinski definition) is 2. The van der Waals surface area contributed by atoms with Gasteiger partial charge in [-0.15, -0.1) is 0 Å². The third kappa shape index (κ3) is 3.90. The summed E-state index contributed by atoms with van der Waals surface area (Å²) < 4.78 is 17.9. The molecule has 2 rings (SSSR count). The van der Waals surface area contributed by atoms with Gasteiger partial charge in [-0.1, -0.05) is 12.1 Å². The lowest BCUT2D eigenvalue weighted by Gasteiger charge is -2.19. The molecule has 1 amide bonds. The van der Waals surface area contributed by atoms with E-state index in [4.69, 9.17) is 10.5 Å². The van der Waals surface area contributed by atoms with E-state index in [9.17, 15) is 9.00 Å². The number of carbonyl (C=O) groups excluding carboxylic acids is 1. The Labute approximate surface area is 127 Å². The highest BCUT2D eigenvalue weighted by Crippen LogP contribution is 2.22. The molecule has 1 fully saturated rings. The van der Waals surface area contributed by atoms with Crippen molar-refractivity contribution in [2.75, 3.05) is 11.9 Å². The highest BCUT2D eigenvalue weighted by Gasteiger charge is 2.34. The molecular formula is C15H22N2O3S. The Balaban J connectivity index is 2.00. The molecule has 0 aromatic heterocycles. The maximum atomic E-state index is 12.5. The van der Waals surface area contributed by atoms with Gasteiger partial charge in [-0.25, -0.2) is 0 Å². The molecule has 3 N–H and O–H groups in total. The molecule has 6 heteroatoms. The van der Waals surface area contributed by atoms with Gasteiger partial charge in [0.15, 0.2) is 0 Å². The van der Waals surface area contributed by atoms with Crippen LogP contribution in [0.25, 0.3) is 0 Å². The first-order valence-electron chi connectivity index (χ1n) is 7.13. The van der Waals surface area contributed by atoms with Crippen LogP contribution in [-0.4, -0.2) is 33.3 Å². The van der Waals surface area contributed by atoms with Crippen LogP contribution in [0.3, 0.4) is 0 Å². The largest absolute Gasteiger partial charge is 0.377 e. The van der Waals surface area contributed by atoms with Crippen molar-refractivity contribution in [3.05, 3.63) is 29.8 Å². The van der Waals surface area contributed by atoms with Crippen LogP contribution in [0, 0.1) is 0 Å². The van der Waals surface area contributed by atoms with Crippen molar-refractivity contribution >= 4 is 22.4 Å². The maximum absolute atomic E-state index is 12.5. The lowest BCUT2D eigenvalue weighted by Crippen LogP contribution is -2.37. The molecule has 0 aliphatic carbocycles. The van der Waals surface area contributed by atoms with Crippen molar-refractivity contribution in [2.45, 2.75) is 43.4 Å². The highest BCUT2D eigenvalue weighted by molar-refractivity contribution is 7.87. The fraction of sp³-hybridized carbons (Fsp3) is 0.533. The molecule has 116 valence electrons. The Kier molecular flexibility index (Phi) is 5.50. The minimum absolute atomic E-state index is 0.0540. The monoisotopic (exact) mass is 310 g/mol. The first-order valence-corrected chi connectivity index (χ1v) is 8.41. The Morgan fingerprint density at radius 1 is 1.57 bits per heavy atom. The van der Waals surface area contributed by atoms with E-state index < -0.39 is 16.0 Å². The van der Waals surface area contributed by atoms with E-state index in [2.05, 4.69) is 5.32 Å². The van der Waals surface area contributed by atoms with Gasteiger partial charge in [0.05, 0.1) is 11.4 Å². The van der Waals surface area contributed by atoms with Gasteiger partial charge in [-0.3, -0.25) is 9.00 Å². The van der Waals surface area contributed by atoms with E-state index in [-0.39, 0.29) is 17.3 Å². The van der Waals surface area contributed by atoms with Crippen LogP contribution in [0.2, 0.25) is 0 Å². The molecule has 1 aromatic carbocycles. The number of carbonyl (C=O) groups is 1. The van der Waals surface area contributed by atoms with Crippen LogP contribution in [0.5, 0.6) is 0 Å². The van der Waals surface area contributed by atoms with Crippen molar-refractivity contribution < 1.29 is 13.7 Å². The van der Waals surface area contributed by atoms with Crippen molar-refractivity contribution in [3.63, 3.8) is 0 Å². The lowest BCUT2D eigenvalue weighted by atomic mass is 10.2. The molecule has 0 spiro atoms. The van der Waals surface area contributed by atoms with Crippen molar-refractivity contribution in [1.29, 1.82) is 0 Å². The topological polar surface area (TPSA) is 81.4 Å². The molecular weight excluding hydrogens is 288 g/mol. The summed E-state index contributed by atoms with van der Waals surface area (Å²) in [5.74, 6) is -0.235. The zero-order chi connectivity index (χ0) is 15.4. The first kappa shape index (κ1) is 16.1. The Bertz CT molecular complexity index is 535. The summed E-state index contributed by atoms with van der Waals surface area (Å²) in [6, 6.07) is 7.37. The average molecular weight is 310 g/mol. The smallest absolute Gasteiger partial charge is 0.239 e. The number of hydrogen-bond acceptors (Lipinski definition) is 4. The van der Waals surface area contributed by atoms with Crippen LogP contribution in [0.1, 0.15) is 25.8 Å². The van der Waals surface area contributed by atoms with Gasteiger partial charge >= 0.3 is 0 Å². The minimum atomic E-state index is -1.24. The van der Waals surface area contributed by atoms with Gasteiger partial charge in [0, 0.05) is 29.6 Å². The van der Waals surface area contributed by atoms with Gasteiger partial charge < -0.3 is 15.8 Å². The van der Waals surface area contributed by atoms with Gasteiger partial charge in [0.25, 0.3) is 0 Å². The van der Waals surface area contributed by atoms with E-state index in [0.29, 0.717) is 18.8 Å².